The van der Waals surface area contributed by atoms with Crippen LogP contribution in [0.3, 0.4) is 0 Å². The molecule has 1 aliphatic rings. The minimum absolute atomic E-state index is 0.345. The Morgan fingerprint density at radius 2 is 1.90 bits per heavy atom. The lowest BCUT2D eigenvalue weighted by atomic mass is 10.1. The van der Waals surface area contributed by atoms with Crippen LogP contribution in [0.2, 0.25) is 0 Å². The number of nitrogens with one attached hydrogen (secondary N) is 2. The zero-order valence-corrected chi connectivity index (χ0v) is 13.4. The van der Waals surface area contributed by atoms with Crippen LogP contribution in [0, 0.1) is 0 Å². The van der Waals surface area contributed by atoms with E-state index in [1.807, 2.05) is 18.4 Å². The molecule has 0 bridgehead atoms. The van der Waals surface area contributed by atoms with Crippen LogP contribution >= 0.6 is 11.8 Å². The zero-order chi connectivity index (χ0) is 14.4. The highest BCUT2D eigenvalue weighted by molar-refractivity contribution is 7.98. The van der Waals surface area contributed by atoms with Gasteiger partial charge in [-0.25, -0.2) is 13.1 Å². The first kappa shape index (κ1) is 15.8. The topological polar surface area (TPSA) is 58.2 Å². The Balaban J connectivity index is 1.85. The molecule has 0 amide bonds. The molecule has 1 aromatic carbocycles. The second kappa shape index (κ2) is 7.45. The molecule has 0 unspecified atom stereocenters. The summed E-state index contributed by atoms with van der Waals surface area (Å²) in [7, 11) is -3.35. The van der Waals surface area contributed by atoms with Gasteiger partial charge in [-0.2, -0.15) is 11.8 Å². The van der Waals surface area contributed by atoms with E-state index in [4.69, 9.17) is 0 Å². The molecule has 0 aliphatic heterocycles. The van der Waals surface area contributed by atoms with Crippen LogP contribution in [-0.4, -0.2) is 39.6 Å². The second-order valence-corrected chi connectivity index (χ2v) is 7.77. The van der Waals surface area contributed by atoms with Gasteiger partial charge < -0.3 is 5.32 Å². The first-order valence-electron chi connectivity index (χ1n) is 6.93. The number of benzene rings is 1. The van der Waals surface area contributed by atoms with Crippen molar-refractivity contribution >= 4 is 21.8 Å². The lowest BCUT2D eigenvalue weighted by Crippen LogP contribution is -2.26. The minimum atomic E-state index is -3.35. The molecule has 0 atom stereocenters. The van der Waals surface area contributed by atoms with Crippen molar-refractivity contribution < 1.29 is 8.42 Å². The van der Waals surface area contributed by atoms with Gasteiger partial charge in [-0.1, -0.05) is 12.1 Å². The average molecular weight is 314 g/mol. The normalized spacial score (nSPS) is 15.4. The maximum absolute atomic E-state index is 12.0. The molecular weight excluding hydrogens is 292 g/mol. The summed E-state index contributed by atoms with van der Waals surface area (Å²) in [4.78, 5) is 0.345. The molecule has 1 aromatic rings. The first-order valence-corrected chi connectivity index (χ1v) is 9.80. The standard InChI is InChI=1S/C14H22N2O2S2/c1-19-11-10-16-20(17,18)14-6-2-12(3-7-14)8-9-15-13-4-5-13/h2-3,6-7,13,15-16H,4-5,8-11H2,1H3. The molecule has 1 aliphatic carbocycles. The van der Waals surface area contributed by atoms with Gasteiger partial charge in [-0.05, 0) is 49.8 Å². The van der Waals surface area contributed by atoms with Crippen LogP contribution in [0.1, 0.15) is 18.4 Å². The predicted octanol–water partition coefficient (Wildman–Crippen LogP) is 1.62. The summed E-state index contributed by atoms with van der Waals surface area (Å²) >= 11 is 1.62. The van der Waals surface area contributed by atoms with E-state index in [0.29, 0.717) is 11.4 Å². The van der Waals surface area contributed by atoms with Gasteiger partial charge in [0.15, 0.2) is 0 Å². The maximum atomic E-state index is 12.0. The van der Waals surface area contributed by atoms with Crippen LogP contribution in [0.15, 0.2) is 29.2 Å². The summed E-state index contributed by atoms with van der Waals surface area (Å²) in [5, 5.41) is 3.45. The van der Waals surface area contributed by atoms with Gasteiger partial charge in [0, 0.05) is 18.3 Å². The lowest BCUT2D eigenvalue weighted by molar-refractivity contribution is 0.584. The van der Waals surface area contributed by atoms with Crippen LogP contribution in [0.4, 0.5) is 0 Å². The number of sulfonamides is 1. The molecule has 112 valence electrons. The number of rotatable bonds is 9. The molecule has 2 N–H and O–H groups in total. The largest absolute Gasteiger partial charge is 0.314 e. The molecule has 0 spiro atoms. The lowest BCUT2D eigenvalue weighted by Gasteiger charge is -2.07. The Hall–Kier alpha value is -0.560. The number of hydrogen-bond acceptors (Lipinski definition) is 4. The molecule has 0 aromatic heterocycles. The molecule has 0 saturated heterocycles. The van der Waals surface area contributed by atoms with Crippen LogP contribution in [-0.2, 0) is 16.4 Å². The third kappa shape index (κ3) is 5.09. The van der Waals surface area contributed by atoms with Crippen molar-refractivity contribution in [3.8, 4) is 0 Å². The van der Waals surface area contributed by atoms with Gasteiger partial charge in [0.2, 0.25) is 10.0 Å². The first-order chi connectivity index (χ1) is 9.62. The minimum Gasteiger partial charge on any atom is -0.314 e. The highest BCUT2D eigenvalue weighted by Crippen LogP contribution is 2.18. The van der Waals surface area contributed by atoms with E-state index in [1.165, 1.54) is 18.4 Å². The fourth-order valence-electron chi connectivity index (χ4n) is 1.90. The number of thioether (sulfide) groups is 1. The third-order valence-electron chi connectivity index (χ3n) is 3.26. The highest BCUT2D eigenvalue weighted by atomic mass is 32.2. The van der Waals surface area contributed by atoms with Crippen molar-refractivity contribution in [2.75, 3.05) is 25.1 Å². The Kier molecular flexibility index (Phi) is 5.89. The van der Waals surface area contributed by atoms with E-state index in [0.717, 1.165) is 24.8 Å². The van der Waals surface area contributed by atoms with Gasteiger partial charge >= 0.3 is 0 Å². The molecular formula is C14H22N2O2S2. The van der Waals surface area contributed by atoms with Gasteiger partial charge in [0.1, 0.15) is 0 Å². The van der Waals surface area contributed by atoms with Gasteiger partial charge in [0.25, 0.3) is 0 Å². The summed E-state index contributed by atoms with van der Waals surface area (Å²) < 4.78 is 26.6. The fraction of sp³-hybridized carbons (Fsp3) is 0.571. The van der Waals surface area contributed by atoms with E-state index in [1.54, 1.807) is 23.9 Å². The second-order valence-electron chi connectivity index (χ2n) is 5.01. The summed E-state index contributed by atoms with van der Waals surface area (Å²) in [5.41, 5.74) is 1.17. The Morgan fingerprint density at radius 3 is 2.50 bits per heavy atom. The molecule has 6 heteroatoms. The van der Waals surface area contributed by atoms with Gasteiger partial charge in [-0.15, -0.1) is 0 Å². The fourth-order valence-corrected chi connectivity index (χ4v) is 3.37. The molecule has 0 radical (unpaired) electrons. The summed E-state index contributed by atoms with van der Waals surface area (Å²) in [5.74, 6) is 0.782. The SMILES string of the molecule is CSCCNS(=O)(=O)c1ccc(CCNC2CC2)cc1. The zero-order valence-electron chi connectivity index (χ0n) is 11.8. The monoisotopic (exact) mass is 314 g/mol. The van der Waals surface area contributed by atoms with Crippen molar-refractivity contribution in [3.63, 3.8) is 0 Å². The molecule has 4 nitrogen and oxygen atoms in total. The summed E-state index contributed by atoms with van der Waals surface area (Å²) in [6.45, 7) is 1.43. The quantitative estimate of drug-likeness (QED) is 0.680. The Labute approximate surface area is 125 Å². The molecule has 0 heterocycles. The van der Waals surface area contributed by atoms with E-state index in [-0.39, 0.29) is 0 Å². The van der Waals surface area contributed by atoms with E-state index in [2.05, 4.69) is 10.0 Å². The van der Waals surface area contributed by atoms with Crippen molar-refractivity contribution in [1.29, 1.82) is 0 Å². The van der Waals surface area contributed by atoms with Crippen LogP contribution in [0.5, 0.6) is 0 Å². The Bertz CT molecular complexity index is 510. The van der Waals surface area contributed by atoms with Gasteiger partial charge in [-0.3, -0.25) is 0 Å². The molecule has 20 heavy (non-hydrogen) atoms. The summed E-state index contributed by atoms with van der Waals surface area (Å²) in [6, 6.07) is 7.90. The highest BCUT2D eigenvalue weighted by Gasteiger charge is 2.19. The molecule has 1 fully saturated rings. The molecule has 1 saturated carbocycles. The van der Waals surface area contributed by atoms with Crippen molar-refractivity contribution in [1.82, 2.24) is 10.0 Å². The van der Waals surface area contributed by atoms with Crippen molar-refractivity contribution in [3.05, 3.63) is 29.8 Å². The third-order valence-corrected chi connectivity index (χ3v) is 5.35. The smallest absolute Gasteiger partial charge is 0.240 e. The predicted molar refractivity (Wildman–Crippen MR) is 84.7 cm³/mol. The number of hydrogen-bond donors (Lipinski definition) is 2. The van der Waals surface area contributed by atoms with Crippen molar-refractivity contribution in [2.24, 2.45) is 0 Å². The van der Waals surface area contributed by atoms with E-state index >= 15 is 0 Å². The van der Waals surface area contributed by atoms with Gasteiger partial charge in [0.05, 0.1) is 4.90 Å². The van der Waals surface area contributed by atoms with E-state index in [9.17, 15) is 8.42 Å². The summed E-state index contributed by atoms with van der Waals surface area (Å²) in [6.07, 6.45) is 5.48. The molecule has 2 rings (SSSR count). The van der Waals surface area contributed by atoms with Crippen LogP contribution in [0.25, 0.3) is 0 Å². The van der Waals surface area contributed by atoms with E-state index < -0.39 is 10.0 Å². The van der Waals surface area contributed by atoms with Crippen LogP contribution < -0.4 is 10.0 Å². The average Bonchev–Trinajstić information content (AvgIpc) is 3.24. The van der Waals surface area contributed by atoms with Crippen molar-refractivity contribution in [2.45, 2.75) is 30.2 Å². The maximum Gasteiger partial charge on any atom is 0.240 e. The Morgan fingerprint density at radius 1 is 1.20 bits per heavy atom.